The van der Waals surface area contributed by atoms with Gasteiger partial charge in [-0.05, 0) is 30.5 Å². The summed E-state index contributed by atoms with van der Waals surface area (Å²) in [6, 6.07) is 8.54. The number of aromatic nitrogens is 2. The van der Waals surface area contributed by atoms with Gasteiger partial charge in [0.1, 0.15) is 5.75 Å². The minimum Gasteiger partial charge on any atom is -0.508 e. The Hall–Kier alpha value is -2.18. The van der Waals surface area contributed by atoms with Gasteiger partial charge in [0, 0.05) is 49.9 Å². The average molecular weight is 352 g/mol. The molecule has 3 aliphatic heterocycles. The number of hydrogen-bond donors (Lipinski definition) is 1. The molecular formula is C20H24N4O2. The molecule has 0 spiro atoms. The molecule has 2 fully saturated rings. The van der Waals surface area contributed by atoms with E-state index in [0.29, 0.717) is 17.8 Å². The van der Waals surface area contributed by atoms with Crippen molar-refractivity contribution in [3.8, 4) is 5.75 Å². The van der Waals surface area contributed by atoms with Crippen molar-refractivity contribution >= 4 is 5.95 Å². The van der Waals surface area contributed by atoms with Crippen LogP contribution in [0.5, 0.6) is 5.75 Å². The molecule has 1 aromatic carbocycles. The predicted octanol–water partition coefficient (Wildman–Crippen LogP) is 2.28. The maximum absolute atomic E-state index is 9.50. The van der Waals surface area contributed by atoms with Crippen LogP contribution in [0.4, 0.5) is 5.95 Å². The Kier molecular flexibility index (Phi) is 4.02. The number of fused-ring (bicyclic) bond motifs is 4. The Morgan fingerprint density at radius 1 is 1.12 bits per heavy atom. The molecule has 1 aromatic heterocycles. The number of phenolic OH excluding ortho intramolecular Hbond substituents is 1. The van der Waals surface area contributed by atoms with Crippen LogP contribution in [0, 0.1) is 0 Å². The number of rotatable bonds is 3. The first-order chi connectivity index (χ1) is 12.8. The number of phenols is 1. The number of ether oxygens (including phenoxy) is 1. The highest BCUT2D eigenvalue weighted by atomic mass is 16.5. The van der Waals surface area contributed by atoms with Gasteiger partial charge in [0.05, 0.1) is 18.9 Å². The minimum absolute atomic E-state index is 0.324. The Morgan fingerprint density at radius 2 is 1.92 bits per heavy atom. The molecule has 2 atom stereocenters. The van der Waals surface area contributed by atoms with E-state index in [1.54, 1.807) is 12.1 Å². The van der Waals surface area contributed by atoms with Crippen LogP contribution in [0.1, 0.15) is 35.7 Å². The number of benzene rings is 1. The van der Waals surface area contributed by atoms with Gasteiger partial charge in [-0.1, -0.05) is 12.1 Å². The Bertz CT molecular complexity index is 789. The summed E-state index contributed by atoms with van der Waals surface area (Å²) < 4.78 is 5.44. The van der Waals surface area contributed by atoms with Crippen molar-refractivity contribution in [3.63, 3.8) is 0 Å². The lowest BCUT2D eigenvalue weighted by atomic mass is 9.98. The molecule has 2 bridgehead atoms. The van der Waals surface area contributed by atoms with Crippen LogP contribution in [0.2, 0.25) is 0 Å². The predicted molar refractivity (Wildman–Crippen MR) is 98.2 cm³/mol. The topological polar surface area (TPSA) is 61.7 Å². The zero-order valence-electron chi connectivity index (χ0n) is 14.8. The summed E-state index contributed by atoms with van der Waals surface area (Å²) in [5.41, 5.74) is 3.78. The van der Waals surface area contributed by atoms with E-state index in [1.165, 1.54) is 29.7 Å². The van der Waals surface area contributed by atoms with Crippen molar-refractivity contribution in [1.82, 2.24) is 14.9 Å². The standard InChI is InChI=1S/C20H24N4O2/c25-16-4-1-14(2-5-16)13-24-15-3-6-19(24)17-12-21-20(22-18(17)11-15)23-7-9-26-10-8-23/h1-2,4-5,12,15,19,25H,3,6-11,13H2/t15-,19-/m0/s1. The lowest BCUT2D eigenvalue weighted by Crippen LogP contribution is -2.40. The second kappa shape index (κ2) is 6.52. The summed E-state index contributed by atoms with van der Waals surface area (Å²) >= 11 is 0. The first-order valence-electron chi connectivity index (χ1n) is 9.50. The molecule has 2 saturated heterocycles. The highest BCUT2D eigenvalue weighted by Crippen LogP contribution is 2.44. The number of anilines is 1. The molecule has 1 N–H and O–H groups in total. The van der Waals surface area contributed by atoms with E-state index < -0.39 is 0 Å². The molecule has 4 heterocycles. The Balaban J connectivity index is 1.39. The van der Waals surface area contributed by atoms with E-state index in [-0.39, 0.29) is 0 Å². The number of hydrogen-bond acceptors (Lipinski definition) is 6. The average Bonchev–Trinajstić information content (AvgIpc) is 2.95. The van der Waals surface area contributed by atoms with Gasteiger partial charge < -0.3 is 14.7 Å². The Labute approximate surface area is 153 Å². The SMILES string of the molecule is Oc1ccc(CN2[C@H]3CC[C@H]2c2cnc(N4CCOCC4)nc2C3)cc1. The fraction of sp³-hybridized carbons (Fsp3) is 0.500. The normalized spacial score (nSPS) is 25.3. The van der Waals surface area contributed by atoms with Crippen LogP contribution in [-0.2, 0) is 17.7 Å². The summed E-state index contributed by atoms with van der Waals surface area (Å²) in [7, 11) is 0. The molecule has 2 aromatic rings. The molecule has 26 heavy (non-hydrogen) atoms. The quantitative estimate of drug-likeness (QED) is 0.914. The zero-order chi connectivity index (χ0) is 17.5. The van der Waals surface area contributed by atoms with Crippen molar-refractivity contribution in [2.45, 2.75) is 37.9 Å². The van der Waals surface area contributed by atoms with Crippen molar-refractivity contribution in [2.24, 2.45) is 0 Å². The molecular weight excluding hydrogens is 328 g/mol. The van der Waals surface area contributed by atoms with Crippen LogP contribution in [0.15, 0.2) is 30.5 Å². The maximum atomic E-state index is 9.50. The largest absolute Gasteiger partial charge is 0.508 e. The lowest BCUT2D eigenvalue weighted by Gasteiger charge is -2.36. The molecule has 0 unspecified atom stereocenters. The summed E-state index contributed by atoms with van der Waals surface area (Å²) in [5, 5.41) is 9.50. The van der Waals surface area contributed by atoms with Crippen molar-refractivity contribution in [3.05, 3.63) is 47.3 Å². The second-order valence-corrected chi connectivity index (χ2v) is 7.46. The van der Waals surface area contributed by atoms with E-state index in [0.717, 1.165) is 45.2 Å². The van der Waals surface area contributed by atoms with Gasteiger partial charge in [-0.2, -0.15) is 0 Å². The summed E-state index contributed by atoms with van der Waals surface area (Å²) in [4.78, 5) is 14.4. The molecule has 6 nitrogen and oxygen atoms in total. The second-order valence-electron chi connectivity index (χ2n) is 7.46. The van der Waals surface area contributed by atoms with E-state index >= 15 is 0 Å². The first-order valence-corrected chi connectivity index (χ1v) is 9.50. The van der Waals surface area contributed by atoms with Crippen LogP contribution in [0.25, 0.3) is 0 Å². The van der Waals surface area contributed by atoms with Crippen molar-refractivity contribution < 1.29 is 9.84 Å². The van der Waals surface area contributed by atoms with Gasteiger partial charge in [-0.15, -0.1) is 0 Å². The van der Waals surface area contributed by atoms with Crippen molar-refractivity contribution in [2.75, 3.05) is 31.2 Å². The fourth-order valence-electron chi connectivity index (χ4n) is 4.54. The summed E-state index contributed by atoms with van der Waals surface area (Å²) in [6.45, 7) is 4.18. The van der Waals surface area contributed by atoms with Crippen LogP contribution in [0.3, 0.4) is 0 Å². The third kappa shape index (κ3) is 2.83. The summed E-state index contributed by atoms with van der Waals surface area (Å²) in [6.07, 6.45) is 5.45. The highest BCUT2D eigenvalue weighted by Gasteiger charge is 2.40. The van der Waals surface area contributed by atoms with Crippen LogP contribution >= 0.6 is 0 Å². The molecule has 0 amide bonds. The monoisotopic (exact) mass is 352 g/mol. The zero-order valence-corrected chi connectivity index (χ0v) is 14.8. The van der Waals surface area contributed by atoms with E-state index in [2.05, 4.69) is 21.0 Å². The van der Waals surface area contributed by atoms with Gasteiger partial charge in [-0.3, -0.25) is 4.90 Å². The van der Waals surface area contributed by atoms with Gasteiger partial charge in [0.15, 0.2) is 0 Å². The molecule has 5 rings (SSSR count). The van der Waals surface area contributed by atoms with E-state index in [4.69, 9.17) is 9.72 Å². The lowest BCUT2D eigenvalue weighted by molar-refractivity contribution is 0.122. The molecule has 0 saturated carbocycles. The number of morpholine rings is 1. The molecule has 136 valence electrons. The smallest absolute Gasteiger partial charge is 0.225 e. The van der Waals surface area contributed by atoms with Gasteiger partial charge in [0.2, 0.25) is 5.95 Å². The Morgan fingerprint density at radius 3 is 2.73 bits per heavy atom. The summed E-state index contributed by atoms with van der Waals surface area (Å²) in [5.74, 6) is 1.18. The minimum atomic E-state index is 0.324. The van der Waals surface area contributed by atoms with Crippen molar-refractivity contribution in [1.29, 1.82) is 0 Å². The third-order valence-corrected chi connectivity index (χ3v) is 5.91. The molecule has 0 radical (unpaired) electrons. The van der Waals surface area contributed by atoms with E-state index in [9.17, 15) is 5.11 Å². The molecule has 0 aliphatic carbocycles. The fourth-order valence-corrected chi connectivity index (χ4v) is 4.54. The van der Waals surface area contributed by atoms with E-state index in [1.807, 2.05) is 12.1 Å². The third-order valence-electron chi connectivity index (χ3n) is 5.91. The number of aromatic hydroxyl groups is 1. The van der Waals surface area contributed by atoms with Gasteiger partial charge in [-0.25, -0.2) is 9.97 Å². The first kappa shape index (κ1) is 16.0. The molecule has 6 heteroatoms. The van der Waals surface area contributed by atoms with Gasteiger partial charge >= 0.3 is 0 Å². The highest BCUT2D eigenvalue weighted by molar-refractivity contribution is 5.38. The van der Waals surface area contributed by atoms with Gasteiger partial charge in [0.25, 0.3) is 0 Å². The number of nitrogens with zero attached hydrogens (tertiary/aromatic N) is 4. The van der Waals surface area contributed by atoms with Crippen LogP contribution < -0.4 is 4.90 Å². The molecule has 3 aliphatic rings. The van der Waals surface area contributed by atoms with Crippen LogP contribution in [-0.4, -0.2) is 52.3 Å². The maximum Gasteiger partial charge on any atom is 0.225 e.